The Morgan fingerprint density at radius 1 is 1.14 bits per heavy atom. The molecule has 1 atom stereocenters. The number of nitrogens with one attached hydrogen (secondary N) is 4. The molecule has 1 aromatic carbocycles. The molecular weight excluding hydrogens is 449 g/mol. The van der Waals surface area contributed by atoms with Crippen molar-refractivity contribution in [2.75, 3.05) is 19.7 Å². The average molecular weight is 482 g/mol. The fourth-order valence-corrected chi connectivity index (χ4v) is 4.28. The Morgan fingerprint density at radius 3 is 2.54 bits per heavy atom. The molecule has 3 aromatic rings. The topological polar surface area (TPSA) is 116 Å². The molecular formula is C26H32FN5O3. The minimum absolute atomic E-state index is 0.0532. The molecule has 0 amide bonds. The molecule has 0 spiro atoms. The molecule has 1 aliphatic heterocycles. The van der Waals surface area contributed by atoms with Gasteiger partial charge in [-0.05, 0) is 55.5 Å². The van der Waals surface area contributed by atoms with Crippen LogP contribution in [0.15, 0.2) is 33.9 Å². The number of benzene rings is 1. The number of morpholine rings is 1. The molecule has 4 N–H and O–H groups in total. The van der Waals surface area contributed by atoms with Crippen LogP contribution in [0.5, 0.6) is 0 Å². The Hall–Kier alpha value is -3.30. The van der Waals surface area contributed by atoms with E-state index in [0.717, 1.165) is 50.5 Å². The number of rotatable bonds is 7. The van der Waals surface area contributed by atoms with E-state index in [1.165, 1.54) is 24.3 Å². The van der Waals surface area contributed by atoms with E-state index < -0.39 is 16.9 Å². The second kappa shape index (κ2) is 10.5. The molecule has 1 fully saturated rings. The van der Waals surface area contributed by atoms with Crippen molar-refractivity contribution in [3.63, 3.8) is 0 Å². The van der Waals surface area contributed by atoms with E-state index in [4.69, 9.17) is 9.72 Å². The van der Waals surface area contributed by atoms with Crippen molar-refractivity contribution < 1.29 is 9.13 Å². The molecule has 9 heteroatoms. The Balaban J connectivity index is 1.60. The summed E-state index contributed by atoms with van der Waals surface area (Å²) in [6.07, 6.45) is 5.60. The van der Waals surface area contributed by atoms with Gasteiger partial charge in [0, 0.05) is 25.2 Å². The zero-order valence-electron chi connectivity index (χ0n) is 20.3. The van der Waals surface area contributed by atoms with Crippen LogP contribution in [0.4, 0.5) is 4.39 Å². The second-order valence-corrected chi connectivity index (χ2v) is 9.55. The van der Waals surface area contributed by atoms with Crippen molar-refractivity contribution in [2.24, 2.45) is 0 Å². The van der Waals surface area contributed by atoms with Gasteiger partial charge in [-0.15, -0.1) is 0 Å². The minimum atomic E-state index is -0.476. The zero-order chi connectivity index (χ0) is 25.0. The standard InChI is InChI=1S/C26H32FN5O3/c1-16(2)23-19(29-22(32-23)8-5-9-26(3)15-28-10-11-35-26)14-21-25(34)30-20(24(33)31-21)13-17-6-4-7-18(27)12-17/h4,6-7,12-14,16,28H,5,8-11,15H2,1-3H3,(H,29,32)(H,30,34)(H,31,33)/b20-13-,21-14-/t26-/m1/s1. The molecule has 186 valence electrons. The maximum atomic E-state index is 13.5. The van der Waals surface area contributed by atoms with E-state index >= 15 is 0 Å². The van der Waals surface area contributed by atoms with Gasteiger partial charge in [0.15, 0.2) is 0 Å². The summed E-state index contributed by atoms with van der Waals surface area (Å²) in [5.74, 6) is 0.564. The number of aromatic amines is 3. The van der Waals surface area contributed by atoms with Gasteiger partial charge in [-0.25, -0.2) is 9.37 Å². The number of aryl methyl sites for hydroxylation is 1. The van der Waals surface area contributed by atoms with Crippen molar-refractivity contribution in [1.82, 2.24) is 25.3 Å². The summed E-state index contributed by atoms with van der Waals surface area (Å²) in [6.45, 7) is 8.65. The van der Waals surface area contributed by atoms with E-state index in [2.05, 4.69) is 27.2 Å². The Labute approximate surface area is 202 Å². The number of H-pyrrole nitrogens is 3. The zero-order valence-corrected chi connectivity index (χ0v) is 20.3. The van der Waals surface area contributed by atoms with Crippen molar-refractivity contribution >= 4 is 12.2 Å². The summed E-state index contributed by atoms with van der Waals surface area (Å²) < 4.78 is 19.4. The van der Waals surface area contributed by atoms with E-state index in [-0.39, 0.29) is 22.2 Å². The molecule has 0 saturated carbocycles. The largest absolute Gasteiger partial charge is 0.373 e. The van der Waals surface area contributed by atoms with Gasteiger partial charge in [0.2, 0.25) is 0 Å². The van der Waals surface area contributed by atoms with Gasteiger partial charge in [-0.3, -0.25) is 9.59 Å². The predicted molar refractivity (Wildman–Crippen MR) is 133 cm³/mol. The lowest BCUT2D eigenvalue weighted by atomic mass is 9.97. The van der Waals surface area contributed by atoms with Crippen LogP contribution in [0.1, 0.15) is 62.3 Å². The van der Waals surface area contributed by atoms with Crippen LogP contribution in [0.3, 0.4) is 0 Å². The SMILES string of the molecule is CC(C)c1[nH]c(CCC[C@]2(C)CNCCO2)nc1/C=c1\[nH]c(=O)/c(=C/c2cccc(F)c2)[nH]c1=O. The van der Waals surface area contributed by atoms with Crippen LogP contribution in [0.2, 0.25) is 0 Å². The molecule has 1 aliphatic rings. The third-order valence-corrected chi connectivity index (χ3v) is 6.16. The van der Waals surface area contributed by atoms with Gasteiger partial charge < -0.3 is 25.0 Å². The summed E-state index contributed by atoms with van der Waals surface area (Å²) in [5.41, 5.74) is 0.901. The molecule has 0 radical (unpaired) electrons. The van der Waals surface area contributed by atoms with Gasteiger partial charge in [-0.1, -0.05) is 26.0 Å². The Bertz CT molecular complexity index is 1410. The molecule has 1 saturated heterocycles. The third kappa shape index (κ3) is 6.23. The highest BCUT2D eigenvalue weighted by Gasteiger charge is 2.27. The van der Waals surface area contributed by atoms with Crippen LogP contribution < -0.4 is 27.1 Å². The Morgan fingerprint density at radius 2 is 1.89 bits per heavy atom. The fraction of sp³-hybridized carbons (Fsp3) is 0.423. The van der Waals surface area contributed by atoms with Gasteiger partial charge >= 0.3 is 0 Å². The first kappa shape index (κ1) is 24.8. The third-order valence-electron chi connectivity index (χ3n) is 6.16. The highest BCUT2D eigenvalue weighted by atomic mass is 19.1. The van der Waals surface area contributed by atoms with Gasteiger partial charge in [0.1, 0.15) is 22.3 Å². The van der Waals surface area contributed by atoms with Crippen molar-refractivity contribution in [1.29, 1.82) is 0 Å². The average Bonchev–Trinajstić information content (AvgIpc) is 3.20. The maximum absolute atomic E-state index is 13.5. The molecule has 0 bridgehead atoms. The smallest absolute Gasteiger partial charge is 0.272 e. The van der Waals surface area contributed by atoms with Crippen molar-refractivity contribution in [3.8, 4) is 0 Å². The lowest BCUT2D eigenvalue weighted by Gasteiger charge is -2.34. The van der Waals surface area contributed by atoms with Crippen LogP contribution in [-0.2, 0) is 11.2 Å². The molecule has 4 rings (SSSR count). The first-order chi connectivity index (χ1) is 16.7. The summed E-state index contributed by atoms with van der Waals surface area (Å²) in [5, 5.41) is 3.54. The van der Waals surface area contributed by atoms with Gasteiger partial charge in [-0.2, -0.15) is 0 Å². The highest BCUT2D eigenvalue weighted by molar-refractivity contribution is 5.49. The predicted octanol–water partition coefficient (Wildman–Crippen LogP) is 1.41. The van der Waals surface area contributed by atoms with Gasteiger partial charge in [0.25, 0.3) is 11.1 Å². The molecule has 8 nitrogen and oxygen atoms in total. The quantitative estimate of drug-likeness (QED) is 0.407. The fourth-order valence-electron chi connectivity index (χ4n) is 4.28. The number of nitrogens with zero attached hydrogens (tertiary/aromatic N) is 1. The van der Waals surface area contributed by atoms with E-state index in [9.17, 15) is 14.0 Å². The number of aromatic nitrogens is 4. The van der Waals surface area contributed by atoms with Crippen molar-refractivity contribution in [2.45, 2.75) is 51.6 Å². The number of hydrogen-bond acceptors (Lipinski definition) is 5. The Kier molecular flexibility index (Phi) is 7.47. The molecule has 2 aromatic heterocycles. The monoisotopic (exact) mass is 481 g/mol. The molecule has 0 aliphatic carbocycles. The summed E-state index contributed by atoms with van der Waals surface area (Å²) in [7, 11) is 0. The van der Waals surface area contributed by atoms with Gasteiger partial charge in [0.05, 0.1) is 17.9 Å². The number of halogens is 1. The second-order valence-electron chi connectivity index (χ2n) is 9.55. The molecule has 3 heterocycles. The highest BCUT2D eigenvalue weighted by Crippen LogP contribution is 2.22. The summed E-state index contributed by atoms with van der Waals surface area (Å²) in [6, 6.07) is 5.79. The number of imidazole rings is 1. The molecule has 35 heavy (non-hydrogen) atoms. The normalized spacial score (nSPS) is 19.6. The van der Waals surface area contributed by atoms with Crippen molar-refractivity contribution in [3.05, 3.63) is 84.3 Å². The summed E-state index contributed by atoms with van der Waals surface area (Å²) in [4.78, 5) is 38.7. The van der Waals surface area contributed by atoms with Crippen LogP contribution >= 0.6 is 0 Å². The van der Waals surface area contributed by atoms with Crippen LogP contribution in [-0.4, -0.2) is 45.2 Å². The lowest BCUT2D eigenvalue weighted by Crippen LogP contribution is -2.47. The van der Waals surface area contributed by atoms with E-state index in [1.54, 1.807) is 12.1 Å². The minimum Gasteiger partial charge on any atom is -0.373 e. The number of hydrogen-bond donors (Lipinski definition) is 4. The maximum Gasteiger partial charge on any atom is 0.272 e. The van der Waals surface area contributed by atoms with E-state index in [0.29, 0.717) is 11.3 Å². The first-order valence-corrected chi connectivity index (χ1v) is 12.0. The first-order valence-electron chi connectivity index (χ1n) is 12.0. The van der Waals surface area contributed by atoms with Crippen LogP contribution in [0.25, 0.3) is 12.2 Å². The number of ether oxygens (including phenoxy) is 1. The molecule has 0 unspecified atom stereocenters. The van der Waals surface area contributed by atoms with E-state index in [1.807, 2.05) is 13.8 Å². The summed E-state index contributed by atoms with van der Waals surface area (Å²) >= 11 is 0. The lowest BCUT2D eigenvalue weighted by molar-refractivity contribution is -0.0586. The van der Waals surface area contributed by atoms with Crippen LogP contribution in [0, 0.1) is 5.82 Å².